The molecule has 0 heterocycles. The third kappa shape index (κ3) is 55.9. The largest absolute Gasteiger partial charge is 0.472 e. The average Bonchev–Trinajstić information content (AvgIpc) is 3.41. The molecule has 3 atom stereocenters. The number of carbonyl (C=O) groups is 3. The number of hydrogen-bond donors (Lipinski definition) is 2. The molecule has 76 heavy (non-hydrogen) atoms. The number of allylic oxidation sites excluding steroid dienone is 10. The first kappa shape index (κ1) is 73.2. The number of rotatable bonds is 58. The minimum Gasteiger partial charge on any atom is -0.462 e. The summed E-state index contributed by atoms with van der Waals surface area (Å²) in [4.78, 5) is 48.7. The van der Waals surface area contributed by atoms with Crippen LogP contribution in [0.2, 0.25) is 0 Å². The molecule has 0 saturated heterocycles. The third-order valence-corrected chi connectivity index (χ3v) is 14.4. The van der Waals surface area contributed by atoms with Crippen LogP contribution < -0.4 is 0 Å². The van der Waals surface area contributed by atoms with E-state index in [9.17, 15) is 28.9 Å². The molecule has 3 unspecified atom stereocenters. The molecule has 0 aliphatic carbocycles. The van der Waals surface area contributed by atoms with Gasteiger partial charge in [0, 0.05) is 19.3 Å². The number of aliphatic hydroxyl groups excluding tert-OH is 1. The molecule has 0 radical (unpaired) electrons. The lowest BCUT2D eigenvalue weighted by atomic mass is 10.0. The van der Waals surface area contributed by atoms with Crippen LogP contribution in [-0.2, 0) is 42.2 Å². The normalized spacial score (nSPS) is 13.7. The van der Waals surface area contributed by atoms with E-state index in [0.29, 0.717) is 19.3 Å². The smallest absolute Gasteiger partial charge is 0.462 e. The lowest BCUT2D eigenvalue weighted by Crippen LogP contribution is -2.30. The second-order valence-corrected chi connectivity index (χ2v) is 22.3. The zero-order chi connectivity index (χ0) is 55.5. The monoisotopic (exact) mass is 1090 g/mol. The summed E-state index contributed by atoms with van der Waals surface area (Å²) in [5.41, 5.74) is 0. The minimum atomic E-state index is -4.76. The van der Waals surface area contributed by atoms with Gasteiger partial charge >= 0.3 is 25.7 Å². The van der Waals surface area contributed by atoms with Crippen molar-refractivity contribution in [3.8, 4) is 0 Å². The van der Waals surface area contributed by atoms with Gasteiger partial charge < -0.3 is 24.2 Å². The van der Waals surface area contributed by atoms with Crippen molar-refractivity contribution in [3.05, 3.63) is 60.8 Å². The number of carbonyl (C=O) groups excluding carboxylic acids is 3. The van der Waals surface area contributed by atoms with Crippen molar-refractivity contribution < 1.29 is 52.2 Å². The maximum atomic E-state index is 12.9. The molecule has 0 saturated carbocycles. The van der Waals surface area contributed by atoms with Gasteiger partial charge in [0.1, 0.15) is 12.7 Å². The van der Waals surface area contributed by atoms with Crippen LogP contribution in [0.3, 0.4) is 0 Å². The number of hydrogen-bond acceptors (Lipinski definition) is 10. The fourth-order valence-electron chi connectivity index (χ4n) is 8.70. The Morgan fingerprint density at radius 3 is 1.08 bits per heavy atom. The van der Waals surface area contributed by atoms with Crippen LogP contribution in [0.5, 0.6) is 0 Å². The molecule has 0 amide bonds. The zero-order valence-electron chi connectivity index (χ0n) is 49.0. The van der Waals surface area contributed by atoms with Gasteiger partial charge in [0.05, 0.1) is 19.8 Å². The van der Waals surface area contributed by atoms with Crippen molar-refractivity contribution >= 4 is 25.7 Å². The summed E-state index contributed by atoms with van der Waals surface area (Å²) in [6.07, 6.45) is 64.6. The highest BCUT2D eigenvalue weighted by Gasteiger charge is 2.28. The van der Waals surface area contributed by atoms with E-state index >= 15 is 0 Å². The molecular weight excluding hydrogens is 976 g/mol. The quantitative estimate of drug-likeness (QED) is 0.0197. The van der Waals surface area contributed by atoms with Gasteiger partial charge in [-0.3, -0.25) is 23.4 Å². The first-order valence-corrected chi connectivity index (χ1v) is 32.7. The molecule has 0 aliphatic rings. The van der Waals surface area contributed by atoms with E-state index in [2.05, 4.69) is 81.5 Å². The van der Waals surface area contributed by atoms with Crippen molar-refractivity contribution in [2.24, 2.45) is 0 Å². The number of phosphoric ester groups is 1. The van der Waals surface area contributed by atoms with Crippen LogP contribution in [0.15, 0.2) is 60.8 Å². The minimum absolute atomic E-state index is 0.165. The van der Waals surface area contributed by atoms with Crippen molar-refractivity contribution in [2.45, 2.75) is 303 Å². The van der Waals surface area contributed by atoms with Crippen LogP contribution in [0.1, 0.15) is 290 Å². The van der Waals surface area contributed by atoms with Gasteiger partial charge in [-0.2, -0.15) is 0 Å². The van der Waals surface area contributed by atoms with Gasteiger partial charge in [-0.05, 0) is 83.5 Å². The molecule has 0 aromatic heterocycles. The summed E-state index contributed by atoms with van der Waals surface area (Å²) in [7, 11) is -4.76. The molecule has 12 heteroatoms. The van der Waals surface area contributed by atoms with E-state index in [1.807, 2.05) is 0 Å². The number of unbranched alkanes of at least 4 members (excludes halogenated alkanes) is 31. The Labute approximate surface area is 465 Å². The van der Waals surface area contributed by atoms with E-state index in [0.717, 1.165) is 109 Å². The molecule has 0 aromatic carbocycles. The molecule has 0 aromatic rings. The highest BCUT2D eigenvalue weighted by atomic mass is 31.2. The highest BCUT2D eigenvalue weighted by Crippen LogP contribution is 2.43. The van der Waals surface area contributed by atoms with Gasteiger partial charge in [0.15, 0.2) is 6.10 Å². The summed E-state index contributed by atoms with van der Waals surface area (Å²) in [5.74, 6) is -1.49. The fraction of sp³-hybridized carbons (Fsp3) is 0.797. The summed E-state index contributed by atoms with van der Waals surface area (Å²) in [6.45, 7) is 4.53. The standard InChI is InChI=1S/C64H115O11P/c1-4-7-10-13-16-19-22-25-27-29-30-32-34-37-40-43-46-49-52-55-64(68)75-61(57-71-62(66)53-50-47-44-41-38-36-33-31-28-26-23-20-17-14-11-8-5-2)59-73-76(69,70)72-58-60(56-65)74-63(67)54-51-48-45-42-39-35-24-21-18-15-12-9-6-3/h8,11,17,20-21,24,26,28,33,36,60-61,65H,4-7,9-10,12-16,18-19,22-23,25,27,29-32,34-35,37-59H2,1-3H3,(H,69,70)/b11-8-,20-17-,24-21-,28-26-,36-33-. The van der Waals surface area contributed by atoms with Gasteiger partial charge in [-0.1, -0.05) is 248 Å². The van der Waals surface area contributed by atoms with Crippen molar-refractivity contribution in [3.63, 3.8) is 0 Å². The molecule has 0 rings (SSSR count). The summed E-state index contributed by atoms with van der Waals surface area (Å²) >= 11 is 0. The van der Waals surface area contributed by atoms with Crippen LogP contribution in [0.4, 0.5) is 0 Å². The van der Waals surface area contributed by atoms with Crippen LogP contribution >= 0.6 is 7.82 Å². The number of aliphatic hydroxyl groups is 1. The lowest BCUT2D eigenvalue weighted by molar-refractivity contribution is -0.161. The highest BCUT2D eigenvalue weighted by molar-refractivity contribution is 7.47. The van der Waals surface area contributed by atoms with Crippen LogP contribution in [-0.4, -0.2) is 66.5 Å². The predicted molar refractivity (Wildman–Crippen MR) is 316 cm³/mol. The molecule has 442 valence electrons. The molecule has 2 N–H and O–H groups in total. The Bertz CT molecular complexity index is 1510. The lowest BCUT2D eigenvalue weighted by Gasteiger charge is -2.21. The molecule has 0 bridgehead atoms. The zero-order valence-corrected chi connectivity index (χ0v) is 49.9. The molecule has 11 nitrogen and oxygen atoms in total. The maximum absolute atomic E-state index is 12.9. The number of phosphoric acid groups is 1. The first-order valence-electron chi connectivity index (χ1n) is 31.2. The average molecular weight is 1090 g/mol. The summed E-state index contributed by atoms with van der Waals surface area (Å²) in [6, 6.07) is 0. The Kier molecular flexibility index (Phi) is 56.2. The van der Waals surface area contributed by atoms with Crippen molar-refractivity contribution in [1.29, 1.82) is 0 Å². The Balaban J connectivity index is 4.73. The fourth-order valence-corrected chi connectivity index (χ4v) is 9.48. The molecule has 0 fully saturated rings. The van der Waals surface area contributed by atoms with E-state index in [-0.39, 0.29) is 25.9 Å². The molecular formula is C64H115O11P. The molecule has 0 aliphatic heterocycles. The Morgan fingerprint density at radius 1 is 0.382 bits per heavy atom. The second kappa shape index (κ2) is 58.3. The molecule has 0 spiro atoms. The van der Waals surface area contributed by atoms with Gasteiger partial charge in [-0.15, -0.1) is 0 Å². The summed E-state index contributed by atoms with van der Waals surface area (Å²) < 4.78 is 39.6. The van der Waals surface area contributed by atoms with Gasteiger partial charge in [-0.25, -0.2) is 4.57 Å². The Hall–Kier alpha value is -2.82. The maximum Gasteiger partial charge on any atom is 0.472 e. The Morgan fingerprint density at radius 2 is 0.684 bits per heavy atom. The van der Waals surface area contributed by atoms with Crippen molar-refractivity contribution in [1.82, 2.24) is 0 Å². The van der Waals surface area contributed by atoms with Gasteiger partial charge in [0.25, 0.3) is 0 Å². The van der Waals surface area contributed by atoms with E-state index in [1.54, 1.807) is 0 Å². The van der Waals surface area contributed by atoms with E-state index < -0.39 is 57.8 Å². The van der Waals surface area contributed by atoms with E-state index in [4.69, 9.17) is 23.3 Å². The van der Waals surface area contributed by atoms with Gasteiger partial charge in [0.2, 0.25) is 0 Å². The predicted octanol–water partition coefficient (Wildman–Crippen LogP) is 18.7. The SMILES string of the molecule is CC/C=C\C/C=C\C/C=C\C/C=C\CCCCCCC(=O)OCC(COP(=O)(O)OCC(CO)OC(=O)CCCCCCC/C=C\CCCCCC)OC(=O)CCCCCCCCCCCCCCCCCCCCC. The number of ether oxygens (including phenoxy) is 3. The first-order chi connectivity index (χ1) is 37.2. The van der Waals surface area contributed by atoms with Crippen LogP contribution in [0, 0.1) is 0 Å². The topological polar surface area (TPSA) is 155 Å². The van der Waals surface area contributed by atoms with Crippen molar-refractivity contribution in [2.75, 3.05) is 26.4 Å². The second-order valence-electron chi connectivity index (χ2n) is 20.8. The number of esters is 3. The van der Waals surface area contributed by atoms with E-state index in [1.165, 1.54) is 122 Å². The summed E-state index contributed by atoms with van der Waals surface area (Å²) in [5, 5.41) is 9.82. The van der Waals surface area contributed by atoms with Crippen LogP contribution in [0.25, 0.3) is 0 Å². The third-order valence-electron chi connectivity index (χ3n) is 13.4.